The van der Waals surface area contributed by atoms with Crippen molar-refractivity contribution in [1.82, 2.24) is 14.5 Å². The van der Waals surface area contributed by atoms with Crippen LogP contribution in [0.4, 0.5) is 0 Å². The summed E-state index contributed by atoms with van der Waals surface area (Å²) < 4.78 is 27.7. The molecule has 4 rings (SSSR count). The first-order valence-corrected chi connectivity index (χ1v) is 13.5. The Kier molecular flexibility index (Phi) is 7.74. The summed E-state index contributed by atoms with van der Waals surface area (Å²) in [5.74, 6) is 0.150. The van der Waals surface area contributed by atoms with Crippen LogP contribution >= 0.6 is 11.6 Å². The maximum Gasteiger partial charge on any atom is 0.253 e. The van der Waals surface area contributed by atoms with E-state index in [1.807, 2.05) is 18.2 Å². The molecule has 1 N–H and O–H groups in total. The van der Waals surface area contributed by atoms with Gasteiger partial charge >= 0.3 is 0 Å². The maximum atomic E-state index is 13.1. The Morgan fingerprint density at radius 3 is 2.39 bits per heavy atom. The number of likely N-dealkylation sites (tertiary alicyclic amines) is 1. The second-order valence-electron chi connectivity index (χ2n) is 9.16. The fourth-order valence-electron chi connectivity index (χ4n) is 4.55. The molecule has 2 fully saturated rings. The van der Waals surface area contributed by atoms with Crippen LogP contribution in [0.15, 0.2) is 47.4 Å². The number of halogens is 1. The van der Waals surface area contributed by atoms with Crippen molar-refractivity contribution in [2.75, 3.05) is 26.2 Å². The lowest BCUT2D eigenvalue weighted by molar-refractivity contribution is 0.0950. The number of hydrogen-bond donors (Lipinski definition) is 1. The third-order valence-corrected chi connectivity index (χ3v) is 8.94. The molecule has 1 amide bonds. The van der Waals surface area contributed by atoms with E-state index in [9.17, 15) is 13.2 Å². The minimum absolute atomic E-state index is 0.112. The van der Waals surface area contributed by atoms with Gasteiger partial charge in [0.1, 0.15) is 0 Å². The first-order valence-electron chi connectivity index (χ1n) is 11.7. The smallest absolute Gasteiger partial charge is 0.253 e. The largest absolute Gasteiger partial charge is 0.348 e. The minimum atomic E-state index is -3.66. The molecule has 2 saturated heterocycles. The Hall–Kier alpha value is -1.93. The molecular formula is C25H32ClN3O3S. The first kappa shape index (κ1) is 24.2. The van der Waals surface area contributed by atoms with Gasteiger partial charge in [0, 0.05) is 26.2 Å². The van der Waals surface area contributed by atoms with Crippen LogP contribution in [0.3, 0.4) is 0 Å². The van der Waals surface area contributed by atoms with Gasteiger partial charge in [-0.25, -0.2) is 8.42 Å². The van der Waals surface area contributed by atoms with E-state index in [4.69, 9.17) is 11.6 Å². The predicted octanol–water partition coefficient (Wildman–Crippen LogP) is 4.29. The highest BCUT2D eigenvalue weighted by Crippen LogP contribution is 2.27. The van der Waals surface area contributed by atoms with Crippen LogP contribution in [-0.4, -0.2) is 49.7 Å². The zero-order valence-electron chi connectivity index (χ0n) is 19.1. The average molecular weight is 490 g/mol. The molecule has 2 aliphatic heterocycles. The summed E-state index contributed by atoms with van der Waals surface area (Å²) in [6, 6.07) is 12.5. The molecule has 2 aromatic carbocycles. The van der Waals surface area contributed by atoms with E-state index in [1.54, 1.807) is 0 Å². The number of benzene rings is 2. The first-order chi connectivity index (χ1) is 15.8. The Balaban J connectivity index is 1.47. The highest BCUT2D eigenvalue weighted by Gasteiger charge is 2.29. The number of sulfonamides is 1. The van der Waals surface area contributed by atoms with Gasteiger partial charge in [0.25, 0.3) is 5.91 Å². The van der Waals surface area contributed by atoms with Crippen LogP contribution in [-0.2, 0) is 23.1 Å². The van der Waals surface area contributed by atoms with Gasteiger partial charge in [-0.2, -0.15) is 4.31 Å². The summed E-state index contributed by atoms with van der Waals surface area (Å²) in [6.07, 6.45) is 4.15. The molecule has 2 aliphatic rings. The summed E-state index contributed by atoms with van der Waals surface area (Å²) >= 11 is 6.30. The van der Waals surface area contributed by atoms with Gasteiger partial charge in [0.05, 0.1) is 15.5 Å². The molecule has 0 bridgehead atoms. The molecule has 0 unspecified atom stereocenters. The molecule has 0 atom stereocenters. The predicted molar refractivity (Wildman–Crippen MR) is 131 cm³/mol. The molecule has 6 nitrogen and oxygen atoms in total. The van der Waals surface area contributed by atoms with E-state index in [0.29, 0.717) is 25.6 Å². The summed E-state index contributed by atoms with van der Waals surface area (Å²) in [6.45, 7) is 6.58. The Morgan fingerprint density at radius 1 is 1.03 bits per heavy atom. The lowest BCUT2D eigenvalue weighted by atomic mass is 10.0. The summed E-state index contributed by atoms with van der Waals surface area (Å²) in [4.78, 5) is 15.5. The third-order valence-electron chi connectivity index (χ3n) is 6.71. The van der Waals surface area contributed by atoms with Crippen molar-refractivity contribution < 1.29 is 13.2 Å². The topological polar surface area (TPSA) is 69.7 Å². The van der Waals surface area contributed by atoms with Crippen molar-refractivity contribution in [2.24, 2.45) is 5.92 Å². The van der Waals surface area contributed by atoms with E-state index in [-0.39, 0.29) is 21.4 Å². The van der Waals surface area contributed by atoms with Crippen molar-refractivity contribution in [3.8, 4) is 0 Å². The van der Waals surface area contributed by atoms with E-state index >= 15 is 0 Å². The van der Waals surface area contributed by atoms with E-state index in [2.05, 4.69) is 23.2 Å². The van der Waals surface area contributed by atoms with Gasteiger partial charge in [-0.15, -0.1) is 0 Å². The summed E-state index contributed by atoms with van der Waals surface area (Å²) in [5.41, 5.74) is 2.43. The van der Waals surface area contributed by atoms with Crippen LogP contribution in [0.25, 0.3) is 0 Å². The van der Waals surface area contributed by atoms with Crippen LogP contribution in [0.5, 0.6) is 0 Å². The van der Waals surface area contributed by atoms with E-state index in [0.717, 1.165) is 38.0 Å². The number of carbonyl (C=O) groups excluding carboxylic acids is 1. The number of amides is 1. The fourth-order valence-corrected chi connectivity index (χ4v) is 6.25. The number of piperidine rings is 1. The minimum Gasteiger partial charge on any atom is -0.348 e. The van der Waals surface area contributed by atoms with Crippen LogP contribution < -0.4 is 5.32 Å². The van der Waals surface area contributed by atoms with Gasteiger partial charge in [0.2, 0.25) is 10.0 Å². The highest BCUT2D eigenvalue weighted by atomic mass is 35.5. The molecular weight excluding hydrogens is 458 g/mol. The second kappa shape index (κ2) is 10.6. The number of nitrogens with one attached hydrogen (secondary N) is 1. The van der Waals surface area contributed by atoms with Gasteiger partial charge in [0.15, 0.2) is 0 Å². The van der Waals surface area contributed by atoms with Crippen molar-refractivity contribution in [3.05, 3.63) is 64.2 Å². The second-order valence-corrected chi connectivity index (χ2v) is 11.5. The monoisotopic (exact) mass is 489 g/mol. The normalized spacial score (nSPS) is 18.5. The van der Waals surface area contributed by atoms with E-state index in [1.165, 1.54) is 40.9 Å². The molecule has 2 aromatic rings. The number of hydrogen-bond acceptors (Lipinski definition) is 4. The molecule has 0 aliphatic carbocycles. The molecule has 0 saturated carbocycles. The van der Waals surface area contributed by atoms with Crippen LogP contribution in [0.2, 0.25) is 5.02 Å². The van der Waals surface area contributed by atoms with Crippen molar-refractivity contribution in [1.29, 1.82) is 0 Å². The Morgan fingerprint density at radius 2 is 1.70 bits per heavy atom. The third kappa shape index (κ3) is 5.77. The van der Waals surface area contributed by atoms with Gasteiger partial charge in [-0.3, -0.25) is 9.69 Å². The van der Waals surface area contributed by atoms with Crippen LogP contribution in [0, 0.1) is 5.92 Å². The van der Waals surface area contributed by atoms with Gasteiger partial charge in [-0.05, 0) is 74.0 Å². The van der Waals surface area contributed by atoms with Crippen LogP contribution in [0.1, 0.15) is 54.1 Å². The van der Waals surface area contributed by atoms with Crippen molar-refractivity contribution >= 4 is 27.5 Å². The summed E-state index contributed by atoms with van der Waals surface area (Å²) in [5, 5.41) is 3.17. The Labute approximate surface area is 202 Å². The zero-order valence-corrected chi connectivity index (χ0v) is 20.7. The number of rotatable bonds is 7. The van der Waals surface area contributed by atoms with Crippen molar-refractivity contribution in [3.63, 3.8) is 0 Å². The maximum absolute atomic E-state index is 13.1. The molecule has 0 aromatic heterocycles. The lowest BCUT2D eigenvalue weighted by Crippen LogP contribution is -2.38. The SMILES string of the molecule is CC1CCN(S(=O)(=O)c2ccc(Cl)c(C(=O)NCc3ccccc3CN3CCCC3)c2)CC1. The molecule has 0 spiro atoms. The quantitative estimate of drug-likeness (QED) is 0.630. The van der Waals surface area contributed by atoms with Gasteiger partial charge < -0.3 is 5.32 Å². The molecule has 8 heteroatoms. The van der Waals surface area contributed by atoms with Crippen molar-refractivity contribution in [2.45, 2.75) is 50.6 Å². The molecule has 33 heavy (non-hydrogen) atoms. The standard InChI is InChI=1S/C25H32ClN3O3S/c1-19-10-14-29(15-11-19)33(31,32)22-8-9-24(26)23(16-22)25(30)27-17-20-6-2-3-7-21(20)18-28-12-4-5-13-28/h2-3,6-9,16,19H,4-5,10-15,17-18H2,1H3,(H,27,30). The average Bonchev–Trinajstić information content (AvgIpc) is 3.32. The molecule has 2 heterocycles. The number of carbonyl (C=O) groups is 1. The van der Waals surface area contributed by atoms with E-state index < -0.39 is 10.0 Å². The highest BCUT2D eigenvalue weighted by molar-refractivity contribution is 7.89. The molecule has 178 valence electrons. The zero-order chi connectivity index (χ0) is 23.4. The fraction of sp³-hybridized carbons (Fsp3) is 0.480. The number of nitrogens with zero attached hydrogens (tertiary/aromatic N) is 2. The lowest BCUT2D eigenvalue weighted by Gasteiger charge is -2.29. The Bertz CT molecular complexity index is 1090. The summed E-state index contributed by atoms with van der Waals surface area (Å²) in [7, 11) is -3.66. The molecule has 0 radical (unpaired) electrons. The van der Waals surface area contributed by atoms with Gasteiger partial charge in [-0.1, -0.05) is 42.8 Å².